The third-order valence-electron chi connectivity index (χ3n) is 6.69. The summed E-state index contributed by atoms with van der Waals surface area (Å²) in [5, 5.41) is 20.4. The summed E-state index contributed by atoms with van der Waals surface area (Å²) in [6, 6.07) is 6.79. The second kappa shape index (κ2) is 8.77. The SMILES string of the molecule is O=C(O)c1c2nc(c(-c3c[nH]cn3)c3ccc([nH]3)c(C(=O)O)c3nc(c(-c4c[nH]cn4)c4ccc1[nH]4)C=C3)C=C2. The van der Waals surface area contributed by atoms with E-state index in [0.29, 0.717) is 56.0 Å². The van der Waals surface area contributed by atoms with Gasteiger partial charge in [0.2, 0.25) is 0 Å². The van der Waals surface area contributed by atoms with Crippen LogP contribution >= 0.6 is 0 Å². The molecule has 0 saturated heterocycles. The van der Waals surface area contributed by atoms with Crippen LogP contribution in [0.1, 0.15) is 43.5 Å². The van der Waals surface area contributed by atoms with Gasteiger partial charge in [0.15, 0.2) is 0 Å². The van der Waals surface area contributed by atoms with E-state index in [1.54, 1.807) is 61.0 Å². The highest BCUT2D eigenvalue weighted by atomic mass is 16.4. The van der Waals surface area contributed by atoms with Crippen LogP contribution in [0.2, 0.25) is 0 Å². The van der Waals surface area contributed by atoms with Crippen molar-refractivity contribution in [1.29, 1.82) is 0 Å². The van der Waals surface area contributed by atoms with E-state index in [1.807, 2.05) is 0 Å². The fourth-order valence-electron chi connectivity index (χ4n) is 4.99. The third kappa shape index (κ3) is 3.62. The average Bonchev–Trinajstić information content (AvgIpc) is 3.74. The zero-order valence-corrected chi connectivity index (χ0v) is 20.4. The van der Waals surface area contributed by atoms with E-state index in [-0.39, 0.29) is 22.5 Å². The summed E-state index contributed by atoms with van der Waals surface area (Å²) >= 11 is 0. The van der Waals surface area contributed by atoms with Crippen molar-refractivity contribution in [3.05, 3.63) is 83.2 Å². The van der Waals surface area contributed by atoms with E-state index < -0.39 is 11.9 Å². The van der Waals surface area contributed by atoms with Crippen molar-refractivity contribution < 1.29 is 19.8 Å². The van der Waals surface area contributed by atoms with Gasteiger partial charge >= 0.3 is 11.9 Å². The largest absolute Gasteiger partial charge is 0.478 e. The number of H-pyrrole nitrogens is 4. The van der Waals surface area contributed by atoms with Gasteiger partial charge in [-0.05, 0) is 48.6 Å². The number of nitrogens with one attached hydrogen (secondary N) is 4. The molecule has 6 N–H and O–H groups in total. The van der Waals surface area contributed by atoms with Gasteiger partial charge in [0, 0.05) is 12.4 Å². The number of aromatic nitrogens is 8. The monoisotopic (exact) mass is 530 g/mol. The van der Waals surface area contributed by atoms with Gasteiger partial charge in [0.05, 0.1) is 80.0 Å². The van der Waals surface area contributed by atoms with Crippen molar-refractivity contribution in [2.75, 3.05) is 0 Å². The molecule has 2 aliphatic heterocycles. The van der Waals surface area contributed by atoms with E-state index in [9.17, 15) is 19.8 Å². The van der Waals surface area contributed by atoms with Crippen molar-refractivity contribution in [1.82, 2.24) is 39.9 Å². The standard InChI is InChI=1S/C28H18N8O4/c37-27(38)25-17-5-1-13(33-17)23(21-9-29-11-31-21)14-2-6-19(34-14)26(28(39)40)20-8-4-16(36-20)24(22-10-30-12-32-22)15-3-7-18(25)35-15/h1-12,33,36H,(H,29,31)(H,30,32)(H,37,38)(H,39,40). The number of imidazole rings is 2. The Bertz CT molecular complexity index is 1910. The second-order valence-corrected chi connectivity index (χ2v) is 9.02. The minimum atomic E-state index is -1.15. The molecule has 0 radical (unpaired) electrons. The van der Waals surface area contributed by atoms with Crippen molar-refractivity contribution in [3.8, 4) is 22.5 Å². The number of nitrogens with zero attached hydrogens (tertiary/aromatic N) is 4. The van der Waals surface area contributed by atoms with Gasteiger partial charge in [-0.25, -0.2) is 29.5 Å². The lowest BCUT2D eigenvalue weighted by atomic mass is 10.1. The Kier molecular flexibility index (Phi) is 5.07. The molecule has 0 aliphatic carbocycles. The molecule has 12 nitrogen and oxygen atoms in total. The van der Waals surface area contributed by atoms with E-state index >= 15 is 0 Å². The summed E-state index contributed by atoms with van der Waals surface area (Å²) in [6.07, 6.45) is 13.1. The number of rotatable bonds is 4. The van der Waals surface area contributed by atoms with Gasteiger partial charge < -0.3 is 30.1 Å². The maximum atomic E-state index is 12.5. The summed E-state index contributed by atoms with van der Waals surface area (Å²) < 4.78 is 0. The smallest absolute Gasteiger partial charge is 0.340 e. The molecule has 40 heavy (non-hydrogen) atoms. The summed E-state index contributed by atoms with van der Waals surface area (Å²) in [5.74, 6) is -2.31. The van der Waals surface area contributed by atoms with Crippen LogP contribution in [0.3, 0.4) is 0 Å². The van der Waals surface area contributed by atoms with Crippen molar-refractivity contribution >= 4 is 58.3 Å². The summed E-state index contributed by atoms with van der Waals surface area (Å²) in [5.41, 5.74) is 5.37. The molecule has 0 fully saturated rings. The molecule has 0 saturated carbocycles. The van der Waals surface area contributed by atoms with Gasteiger partial charge in [-0.15, -0.1) is 0 Å². The molecule has 5 aromatic rings. The van der Waals surface area contributed by atoms with E-state index in [0.717, 1.165) is 0 Å². The number of carbonyl (C=O) groups is 2. The summed E-state index contributed by atoms with van der Waals surface area (Å²) in [4.78, 5) is 55.3. The van der Waals surface area contributed by atoms with Gasteiger partial charge in [0.1, 0.15) is 11.1 Å². The Hall–Kier alpha value is -6.04. The number of carboxylic acids is 2. The fraction of sp³-hybridized carbons (Fsp3) is 0. The molecule has 0 atom stereocenters. The number of hydrogen-bond acceptors (Lipinski definition) is 6. The maximum Gasteiger partial charge on any atom is 0.340 e. The number of aromatic amines is 4. The molecule has 0 aromatic carbocycles. The van der Waals surface area contributed by atoms with Crippen LogP contribution in [0.4, 0.5) is 0 Å². The van der Waals surface area contributed by atoms with Gasteiger partial charge in [0.25, 0.3) is 0 Å². The van der Waals surface area contributed by atoms with Crippen molar-refractivity contribution in [2.45, 2.75) is 0 Å². The Balaban J connectivity index is 1.70. The lowest BCUT2D eigenvalue weighted by Gasteiger charge is -2.01. The van der Waals surface area contributed by atoms with Crippen LogP contribution in [0, 0.1) is 0 Å². The topological polar surface area (TPSA) is 189 Å². The van der Waals surface area contributed by atoms with Crippen LogP contribution in [0.15, 0.2) is 49.3 Å². The normalized spacial score (nSPS) is 12.2. The highest BCUT2D eigenvalue weighted by Gasteiger charge is 2.21. The molecule has 0 spiro atoms. The predicted molar refractivity (Wildman–Crippen MR) is 148 cm³/mol. The first-order valence-corrected chi connectivity index (χ1v) is 12.1. The zero-order valence-electron chi connectivity index (χ0n) is 20.4. The van der Waals surface area contributed by atoms with Crippen LogP contribution in [-0.4, -0.2) is 62.0 Å². The van der Waals surface area contributed by atoms with Crippen molar-refractivity contribution in [3.63, 3.8) is 0 Å². The predicted octanol–water partition coefficient (Wildman–Crippen LogP) is 4.83. The van der Waals surface area contributed by atoms with Crippen LogP contribution in [0.25, 0.3) is 68.9 Å². The quantitative estimate of drug-likeness (QED) is 0.186. The van der Waals surface area contributed by atoms with Gasteiger partial charge in [-0.3, -0.25) is 0 Å². The first kappa shape index (κ1) is 23.1. The maximum absolute atomic E-state index is 12.5. The van der Waals surface area contributed by atoms with Crippen LogP contribution in [0.5, 0.6) is 0 Å². The molecule has 194 valence electrons. The Morgan fingerprint density at radius 2 is 0.975 bits per heavy atom. The fourth-order valence-corrected chi connectivity index (χ4v) is 4.99. The third-order valence-corrected chi connectivity index (χ3v) is 6.69. The number of fused-ring (bicyclic) bond motifs is 8. The molecule has 7 rings (SSSR count). The highest BCUT2D eigenvalue weighted by Crippen LogP contribution is 2.33. The molecular weight excluding hydrogens is 512 g/mol. The molecule has 2 aliphatic rings. The molecule has 5 aromatic heterocycles. The molecule has 0 unspecified atom stereocenters. The number of hydrogen-bond donors (Lipinski definition) is 6. The molecule has 12 heteroatoms. The van der Waals surface area contributed by atoms with Crippen LogP contribution in [-0.2, 0) is 0 Å². The number of carboxylic acid groups (broad SMARTS) is 2. The van der Waals surface area contributed by atoms with E-state index in [1.165, 1.54) is 12.7 Å². The summed E-state index contributed by atoms with van der Waals surface area (Å²) in [7, 11) is 0. The molecular formula is C28H18N8O4. The Morgan fingerprint density at radius 1 is 0.575 bits per heavy atom. The van der Waals surface area contributed by atoms with E-state index in [4.69, 9.17) is 0 Å². The molecule has 7 heterocycles. The first-order valence-electron chi connectivity index (χ1n) is 12.1. The zero-order chi connectivity index (χ0) is 27.4. The summed E-state index contributed by atoms with van der Waals surface area (Å²) in [6.45, 7) is 0. The van der Waals surface area contributed by atoms with E-state index in [2.05, 4.69) is 39.9 Å². The molecule has 8 bridgehead atoms. The minimum absolute atomic E-state index is 0.0165. The Morgan fingerprint density at radius 3 is 1.35 bits per heavy atom. The lowest BCUT2D eigenvalue weighted by molar-refractivity contribution is 0.0687. The minimum Gasteiger partial charge on any atom is -0.478 e. The Labute approximate surface area is 223 Å². The lowest BCUT2D eigenvalue weighted by Crippen LogP contribution is -2.01. The number of aromatic carboxylic acids is 2. The first-order chi connectivity index (χ1) is 19.5. The van der Waals surface area contributed by atoms with Crippen LogP contribution < -0.4 is 0 Å². The van der Waals surface area contributed by atoms with Gasteiger partial charge in [-0.2, -0.15) is 0 Å². The van der Waals surface area contributed by atoms with Crippen molar-refractivity contribution in [2.24, 2.45) is 0 Å². The average molecular weight is 531 g/mol. The second-order valence-electron chi connectivity index (χ2n) is 9.02. The highest BCUT2D eigenvalue weighted by molar-refractivity contribution is 6.04. The molecule has 0 amide bonds. The van der Waals surface area contributed by atoms with Gasteiger partial charge in [-0.1, -0.05) is 0 Å².